The third-order valence-corrected chi connectivity index (χ3v) is 2.02. The van der Waals surface area contributed by atoms with E-state index in [-0.39, 0.29) is 12.5 Å². The van der Waals surface area contributed by atoms with Crippen LogP contribution < -0.4 is 0 Å². The summed E-state index contributed by atoms with van der Waals surface area (Å²) in [6, 6.07) is 0. The SMILES string of the molecule is CC1=NC(=O)C2C(=C1)OCC2O. The molecule has 64 valence electrons. The van der Waals surface area contributed by atoms with Gasteiger partial charge in [0.15, 0.2) is 0 Å². The first-order chi connectivity index (χ1) is 5.68. The second kappa shape index (κ2) is 2.42. The molecule has 2 rings (SSSR count). The van der Waals surface area contributed by atoms with E-state index in [0.29, 0.717) is 11.5 Å². The van der Waals surface area contributed by atoms with E-state index in [0.717, 1.165) is 0 Å². The van der Waals surface area contributed by atoms with Crippen LogP contribution in [-0.4, -0.2) is 29.4 Å². The van der Waals surface area contributed by atoms with Gasteiger partial charge >= 0.3 is 0 Å². The molecule has 4 heteroatoms. The van der Waals surface area contributed by atoms with Crippen LogP contribution >= 0.6 is 0 Å². The molecule has 1 amide bonds. The molecule has 0 aromatic heterocycles. The van der Waals surface area contributed by atoms with E-state index >= 15 is 0 Å². The fraction of sp³-hybridized carbons (Fsp3) is 0.500. The Morgan fingerprint density at radius 3 is 3.25 bits per heavy atom. The fourth-order valence-electron chi connectivity index (χ4n) is 1.46. The molecule has 1 fully saturated rings. The number of ether oxygens (including phenoxy) is 1. The van der Waals surface area contributed by atoms with Crippen molar-refractivity contribution in [2.45, 2.75) is 13.0 Å². The Balaban J connectivity index is 2.37. The first-order valence-electron chi connectivity index (χ1n) is 3.80. The van der Waals surface area contributed by atoms with Gasteiger partial charge in [-0.05, 0) is 13.0 Å². The van der Waals surface area contributed by atoms with Crippen molar-refractivity contribution in [1.82, 2.24) is 0 Å². The molecule has 12 heavy (non-hydrogen) atoms. The smallest absolute Gasteiger partial charge is 0.259 e. The number of carbonyl (C=O) groups excluding carboxylic acids is 1. The van der Waals surface area contributed by atoms with Crippen molar-refractivity contribution >= 4 is 11.6 Å². The molecule has 0 radical (unpaired) electrons. The average molecular weight is 167 g/mol. The number of allylic oxidation sites excluding steroid dienone is 1. The summed E-state index contributed by atoms with van der Waals surface area (Å²) in [5.74, 6) is -0.288. The van der Waals surface area contributed by atoms with E-state index < -0.39 is 12.0 Å². The minimum Gasteiger partial charge on any atom is -0.494 e. The van der Waals surface area contributed by atoms with Crippen LogP contribution in [0.4, 0.5) is 0 Å². The summed E-state index contributed by atoms with van der Waals surface area (Å²) >= 11 is 0. The molecule has 2 heterocycles. The second-order valence-corrected chi connectivity index (χ2v) is 2.99. The molecule has 1 saturated heterocycles. The quantitative estimate of drug-likeness (QED) is 0.547. The van der Waals surface area contributed by atoms with Crippen molar-refractivity contribution < 1.29 is 14.6 Å². The standard InChI is InChI=1S/C8H9NO3/c1-4-2-6-7(8(11)9-4)5(10)3-12-6/h2,5,7,10H,3H2,1H3. The van der Waals surface area contributed by atoms with Gasteiger partial charge in [0.1, 0.15) is 24.4 Å². The van der Waals surface area contributed by atoms with Crippen LogP contribution in [0, 0.1) is 5.92 Å². The van der Waals surface area contributed by atoms with E-state index in [1.807, 2.05) is 0 Å². The summed E-state index contributed by atoms with van der Waals surface area (Å²) in [5, 5.41) is 9.33. The molecular formula is C8H9NO3. The third kappa shape index (κ3) is 0.956. The van der Waals surface area contributed by atoms with E-state index in [4.69, 9.17) is 4.74 Å². The summed E-state index contributed by atoms with van der Waals surface area (Å²) in [6.07, 6.45) is 0.975. The van der Waals surface area contributed by atoms with Crippen molar-refractivity contribution in [3.05, 3.63) is 11.8 Å². The number of aliphatic hydroxyl groups excluding tert-OH is 1. The molecule has 2 aliphatic heterocycles. The number of dihydropyridines is 1. The number of amides is 1. The highest BCUT2D eigenvalue weighted by Gasteiger charge is 2.39. The van der Waals surface area contributed by atoms with Crippen molar-refractivity contribution in [3.8, 4) is 0 Å². The highest BCUT2D eigenvalue weighted by molar-refractivity contribution is 6.05. The molecule has 0 spiro atoms. The predicted molar refractivity (Wildman–Crippen MR) is 41.6 cm³/mol. The van der Waals surface area contributed by atoms with Gasteiger partial charge in [0.05, 0.1) is 0 Å². The van der Waals surface area contributed by atoms with Gasteiger partial charge in [-0.2, -0.15) is 0 Å². The van der Waals surface area contributed by atoms with Crippen molar-refractivity contribution in [3.63, 3.8) is 0 Å². The monoisotopic (exact) mass is 167 g/mol. The molecule has 1 N–H and O–H groups in total. The van der Waals surface area contributed by atoms with Crippen LogP contribution in [0.15, 0.2) is 16.8 Å². The molecule has 2 unspecified atom stereocenters. The normalized spacial score (nSPS) is 33.7. The van der Waals surface area contributed by atoms with Crippen LogP contribution in [0.1, 0.15) is 6.92 Å². The van der Waals surface area contributed by atoms with Crippen LogP contribution in [0.5, 0.6) is 0 Å². The Bertz CT molecular complexity index is 293. The number of carbonyl (C=O) groups is 1. The van der Waals surface area contributed by atoms with Gasteiger partial charge in [0.2, 0.25) is 0 Å². The van der Waals surface area contributed by atoms with Crippen LogP contribution in [0.2, 0.25) is 0 Å². The fourth-order valence-corrected chi connectivity index (χ4v) is 1.46. The minimum atomic E-state index is -0.722. The maximum atomic E-state index is 11.2. The number of hydrogen-bond donors (Lipinski definition) is 1. The molecule has 2 atom stereocenters. The molecule has 4 nitrogen and oxygen atoms in total. The number of nitrogens with zero attached hydrogens (tertiary/aromatic N) is 1. The van der Waals surface area contributed by atoms with E-state index in [2.05, 4.69) is 4.99 Å². The largest absolute Gasteiger partial charge is 0.494 e. The zero-order chi connectivity index (χ0) is 8.72. The molecule has 0 bridgehead atoms. The molecule has 0 aliphatic carbocycles. The highest BCUT2D eigenvalue weighted by atomic mass is 16.5. The van der Waals surface area contributed by atoms with Gasteiger partial charge in [0.25, 0.3) is 5.91 Å². The average Bonchev–Trinajstić information content (AvgIpc) is 2.31. The Kier molecular flexibility index (Phi) is 1.51. The Labute approximate surface area is 69.6 Å². The maximum Gasteiger partial charge on any atom is 0.259 e. The number of aliphatic imine (C=N–C) groups is 1. The van der Waals surface area contributed by atoms with Crippen molar-refractivity contribution in [2.75, 3.05) is 6.61 Å². The third-order valence-electron chi connectivity index (χ3n) is 2.02. The first-order valence-corrected chi connectivity index (χ1v) is 3.80. The molecule has 0 saturated carbocycles. The molecular weight excluding hydrogens is 158 g/mol. The van der Waals surface area contributed by atoms with Gasteiger partial charge < -0.3 is 9.84 Å². The molecule has 0 aromatic carbocycles. The lowest BCUT2D eigenvalue weighted by molar-refractivity contribution is -0.122. The number of rotatable bonds is 0. The lowest BCUT2D eigenvalue weighted by atomic mass is 9.99. The Morgan fingerprint density at radius 2 is 2.50 bits per heavy atom. The van der Waals surface area contributed by atoms with Crippen LogP contribution in [0.3, 0.4) is 0 Å². The van der Waals surface area contributed by atoms with Crippen molar-refractivity contribution in [1.29, 1.82) is 0 Å². The zero-order valence-corrected chi connectivity index (χ0v) is 6.65. The zero-order valence-electron chi connectivity index (χ0n) is 6.65. The lowest BCUT2D eigenvalue weighted by Gasteiger charge is -2.12. The Hall–Kier alpha value is -1.16. The van der Waals surface area contributed by atoms with Crippen molar-refractivity contribution in [2.24, 2.45) is 10.9 Å². The topological polar surface area (TPSA) is 58.9 Å². The van der Waals surface area contributed by atoms with Crippen LogP contribution in [-0.2, 0) is 9.53 Å². The van der Waals surface area contributed by atoms with Gasteiger partial charge in [0, 0.05) is 5.71 Å². The minimum absolute atomic E-state index is 0.199. The molecule has 2 aliphatic rings. The van der Waals surface area contributed by atoms with E-state index in [9.17, 15) is 9.90 Å². The highest BCUT2D eigenvalue weighted by Crippen LogP contribution is 2.28. The van der Waals surface area contributed by atoms with Gasteiger partial charge in [-0.1, -0.05) is 0 Å². The van der Waals surface area contributed by atoms with Gasteiger partial charge in [-0.3, -0.25) is 4.79 Å². The summed E-state index contributed by atoms with van der Waals surface area (Å²) in [7, 11) is 0. The maximum absolute atomic E-state index is 11.2. The molecule has 0 aromatic rings. The van der Waals surface area contributed by atoms with E-state index in [1.165, 1.54) is 0 Å². The summed E-state index contributed by atoms with van der Waals surface area (Å²) in [6.45, 7) is 1.93. The van der Waals surface area contributed by atoms with Crippen LogP contribution in [0.25, 0.3) is 0 Å². The lowest BCUT2D eigenvalue weighted by Crippen LogP contribution is -2.27. The number of hydrogen-bond acceptors (Lipinski definition) is 3. The van der Waals surface area contributed by atoms with Gasteiger partial charge in [-0.15, -0.1) is 0 Å². The summed E-state index contributed by atoms with van der Waals surface area (Å²) in [5.41, 5.74) is 0.639. The first kappa shape index (κ1) is 7.49. The van der Waals surface area contributed by atoms with Gasteiger partial charge in [-0.25, -0.2) is 4.99 Å². The summed E-state index contributed by atoms with van der Waals surface area (Å²) in [4.78, 5) is 15.0. The number of aliphatic hydroxyl groups is 1. The van der Waals surface area contributed by atoms with E-state index in [1.54, 1.807) is 13.0 Å². The Morgan fingerprint density at radius 1 is 1.75 bits per heavy atom. The second-order valence-electron chi connectivity index (χ2n) is 2.99. The predicted octanol–water partition coefficient (Wildman–Crippen LogP) is -0.121. The number of fused-ring (bicyclic) bond motifs is 1. The summed E-state index contributed by atoms with van der Waals surface area (Å²) < 4.78 is 5.12.